The molecule has 1 saturated heterocycles. The molecule has 0 radical (unpaired) electrons. The fraction of sp³-hybridized carbons (Fsp3) is 0.500. The molecule has 0 bridgehead atoms. The Morgan fingerprint density at radius 3 is 3.07 bits per heavy atom. The second kappa shape index (κ2) is 4.63. The van der Waals surface area contributed by atoms with E-state index in [2.05, 4.69) is 33.2 Å². The van der Waals surface area contributed by atoms with E-state index in [-0.39, 0.29) is 5.91 Å². The summed E-state index contributed by atoms with van der Waals surface area (Å²) in [6, 6.07) is 2.17. The summed E-state index contributed by atoms with van der Waals surface area (Å²) in [5.74, 6) is 0.0391. The predicted molar refractivity (Wildman–Crippen MR) is 65.4 cm³/mol. The van der Waals surface area contributed by atoms with Crippen molar-refractivity contribution in [1.29, 1.82) is 0 Å². The van der Waals surface area contributed by atoms with E-state index in [0.29, 0.717) is 6.04 Å². The maximum absolute atomic E-state index is 11.8. The van der Waals surface area contributed by atoms with Crippen LogP contribution in [0, 0.1) is 0 Å². The lowest BCUT2D eigenvalue weighted by atomic mass is 10.2. The van der Waals surface area contributed by atoms with E-state index in [1.807, 2.05) is 11.4 Å². The smallest absolute Gasteiger partial charge is 0.252 e. The van der Waals surface area contributed by atoms with Crippen molar-refractivity contribution >= 4 is 33.2 Å². The molecule has 82 valence electrons. The van der Waals surface area contributed by atoms with Gasteiger partial charge in [0.25, 0.3) is 5.91 Å². The number of hydrogen-bond donors (Lipinski definition) is 1. The highest BCUT2D eigenvalue weighted by atomic mass is 79.9. The first-order chi connectivity index (χ1) is 7.15. The minimum Gasteiger partial charge on any atom is -0.348 e. The van der Waals surface area contributed by atoms with Crippen molar-refractivity contribution in [3.8, 4) is 0 Å². The Morgan fingerprint density at radius 2 is 2.53 bits per heavy atom. The van der Waals surface area contributed by atoms with Crippen molar-refractivity contribution < 1.29 is 4.79 Å². The molecule has 1 aliphatic heterocycles. The molecular formula is C10H13BrN2OS. The lowest BCUT2D eigenvalue weighted by molar-refractivity contribution is 0.0939. The van der Waals surface area contributed by atoms with Crippen LogP contribution in [0.4, 0.5) is 0 Å². The van der Waals surface area contributed by atoms with Gasteiger partial charge in [-0.25, -0.2) is 0 Å². The summed E-state index contributed by atoms with van der Waals surface area (Å²) < 4.78 is 0.996. The SMILES string of the molecule is CN1CCC(NC(=O)c2csc(Br)c2)C1. The van der Waals surface area contributed by atoms with E-state index in [1.165, 1.54) is 11.3 Å². The normalized spacial score (nSPS) is 21.9. The highest BCUT2D eigenvalue weighted by Gasteiger charge is 2.21. The minimum absolute atomic E-state index is 0.0391. The Bertz CT molecular complexity index is 366. The van der Waals surface area contributed by atoms with Crippen molar-refractivity contribution in [2.45, 2.75) is 12.5 Å². The number of nitrogens with one attached hydrogen (secondary N) is 1. The molecule has 0 saturated carbocycles. The summed E-state index contributed by atoms with van der Waals surface area (Å²) in [5.41, 5.74) is 0.751. The van der Waals surface area contributed by atoms with Crippen LogP contribution < -0.4 is 5.32 Å². The fourth-order valence-corrected chi connectivity index (χ4v) is 2.89. The van der Waals surface area contributed by atoms with E-state index in [1.54, 1.807) is 0 Å². The Kier molecular flexibility index (Phi) is 3.43. The second-order valence-electron chi connectivity index (χ2n) is 3.86. The maximum Gasteiger partial charge on any atom is 0.252 e. The molecule has 1 aliphatic rings. The van der Waals surface area contributed by atoms with Gasteiger partial charge in [-0.15, -0.1) is 11.3 Å². The third-order valence-corrected chi connectivity index (χ3v) is 4.06. The third kappa shape index (κ3) is 2.80. The average molecular weight is 289 g/mol. The van der Waals surface area contributed by atoms with Crippen LogP contribution in [-0.4, -0.2) is 37.0 Å². The number of thiophene rings is 1. The molecule has 1 aromatic heterocycles. The van der Waals surface area contributed by atoms with Gasteiger partial charge in [0.2, 0.25) is 0 Å². The maximum atomic E-state index is 11.8. The molecular weight excluding hydrogens is 276 g/mol. The summed E-state index contributed by atoms with van der Waals surface area (Å²) in [4.78, 5) is 14.0. The van der Waals surface area contributed by atoms with Crippen molar-refractivity contribution in [2.75, 3.05) is 20.1 Å². The molecule has 0 aromatic carbocycles. The molecule has 1 atom stereocenters. The number of halogens is 1. The summed E-state index contributed by atoms with van der Waals surface area (Å²) in [6.07, 6.45) is 1.05. The second-order valence-corrected chi connectivity index (χ2v) is 6.15. The highest BCUT2D eigenvalue weighted by Crippen LogP contribution is 2.20. The Labute approximate surface area is 102 Å². The largest absolute Gasteiger partial charge is 0.348 e. The standard InChI is InChI=1S/C10H13BrN2OS/c1-13-3-2-8(5-13)12-10(14)7-4-9(11)15-6-7/h4,6,8H,2-3,5H2,1H3,(H,12,14). The van der Waals surface area contributed by atoms with Crippen LogP contribution in [0.25, 0.3) is 0 Å². The summed E-state index contributed by atoms with van der Waals surface area (Å²) in [7, 11) is 2.08. The predicted octanol–water partition coefficient (Wildman–Crippen LogP) is 1.94. The van der Waals surface area contributed by atoms with Crippen molar-refractivity contribution in [3.05, 3.63) is 20.8 Å². The van der Waals surface area contributed by atoms with Gasteiger partial charge in [0, 0.05) is 18.0 Å². The zero-order valence-electron chi connectivity index (χ0n) is 8.50. The van der Waals surface area contributed by atoms with Crippen LogP contribution in [-0.2, 0) is 0 Å². The van der Waals surface area contributed by atoms with E-state index in [4.69, 9.17) is 0 Å². The highest BCUT2D eigenvalue weighted by molar-refractivity contribution is 9.11. The molecule has 1 amide bonds. The molecule has 0 spiro atoms. The monoisotopic (exact) mass is 288 g/mol. The summed E-state index contributed by atoms with van der Waals surface area (Å²) in [6.45, 7) is 2.02. The molecule has 1 fully saturated rings. The van der Waals surface area contributed by atoms with Gasteiger partial charge in [-0.1, -0.05) is 0 Å². The number of hydrogen-bond acceptors (Lipinski definition) is 3. The Morgan fingerprint density at radius 1 is 1.73 bits per heavy atom. The molecule has 15 heavy (non-hydrogen) atoms. The van der Waals surface area contributed by atoms with Gasteiger partial charge in [-0.05, 0) is 42.0 Å². The molecule has 1 unspecified atom stereocenters. The van der Waals surface area contributed by atoms with Gasteiger partial charge in [0.15, 0.2) is 0 Å². The van der Waals surface area contributed by atoms with E-state index in [9.17, 15) is 4.79 Å². The average Bonchev–Trinajstić information content (AvgIpc) is 2.75. The molecule has 3 nitrogen and oxygen atoms in total. The van der Waals surface area contributed by atoms with Crippen molar-refractivity contribution in [3.63, 3.8) is 0 Å². The zero-order chi connectivity index (χ0) is 10.8. The number of likely N-dealkylation sites (tertiary alicyclic amines) is 1. The van der Waals surface area contributed by atoms with Gasteiger partial charge in [-0.3, -0.25) is 4.79 Å². The first kappa shape index (κ1) is 11.1. The molecule has 2 rings (SSSR count). The topological polar surface area (TPSA) is 32.3 Å². The number of rotatable bonds is 2. The first-order valence-corrected chi connectivity index (χ1v) is 6.56. The van der Waals surface area contributed by atoms with E-state index < -0.39 is 0 Å². The lowest BCUT2D eigenvalue weighted by Crippen LogP contribution is -2.36. The molecule has 0 aliphatic carbocycles. The van der Waals surface area contributed by atoms with Gasteiger partial charge < -0.3 is 10.2 Å². The van der Waals surface area contributed by atoms with Crippen molar-refractivity contribution in [2.24, 2.45) is 0 Å². The molecule has 1 N–H and O–H groups in total. The number of likely N-dealkylation sites (N-methyl/N-ethyl adjacent to an activating group) is 1. The number of amides is 1. The lowest BCUT2D eigenvalue weighted by Gasteiger charge is -2.11. The van der Waals surface area contributed by atoms with Gasteiger partial charge in [0.05, 0.1) is 9.35 Å². The molecule has 1 aromatic rings. The van der Waals surface area contributed by atoms with Crippen LogP contribution in [0.5, 0.6) is 0 Å². The fourth-order valence-electron chi connectivity index (χ4n) is 1.75. The summed E-state index contributed by atoms with van der Waals surface area (Å²) in [5, 5.41) is 4.92. The minimum atomic E-state index is 0.0391. The van der Waals surface area contributed by atoms with Crippen LogP contribution in [0.2, 0.25) is 0 Å². The van der Waals surface area contributed by atoms with Gasteiger partial charge in [0.1, 0.15) is 0 Å². The van der Waals surface area contributed by atoms with E-state index >= 15 is 0 Å². The quantitative estimate of drug-likeness (QED) is 0.902. The number of nitrogens with zero attached hydrogens (tertiary/aromatic N) is 1. The van der Waals surface area contributed by atoms with Crippen LogP contribution >= 0.6 is 27.3 Å². The summed E-state index contributed by atoms with van der Waals surface area (Å²) >= 11 is 4.89. The zero-order valence-corrected chi connectivity index (χ0v) is 10.9. The van der Waals surface area contributed by atoms with Crippen LogP contribution in [0.15, 0.2) is 15.2 Å². The molecule has 2 heterocycles. The third-order valence-electron chi connectivity index (χ3n) is 2.56. The Balaban J connectivity index is 1.92. The van der Waals surface area contributed by atoms with Crippen LogP contribution in [0.1, 0.15) is 16.8 Å². The number of carbonyl (C=O) groups excluding carboxylic acids is 1. The molecule has 5 heteroatoms. The van der Waals surface area contributed by atoms with E-state index in [0.717, 1.165) is 28.9 Å². The van der Waals surface area contributed by atoms with Crippen molar-refractivity contribution in [1.82, 2.24) is 10.2 Å². The van der Waals surface area contributed by atoms with Gasteiger partial charge in [-0.2, -0.15) is 0 Å². The number of carbonyl (C=O) groups is 1. The van der Waals surface area contributed by atoms with Gasteiger partial charge >= 0.3 is 0 Å². The Hall–Kier alpha value is -0.390. The first-order valence-electron chi connectivity index (χ1n) is 4.88. The van der Waals surface area contributed by atoms with Crippen LogP contribution in [0.3, 0.4) is 0 Å².